The molecule has 2 aromatic rings. The van der Waals surface area contributed by atoms with Gasteiger partial charge in [0.25, 0.3) is 0 Å². The monoisotopic (exact) mass is 354 g/mol. The number of nitrogens with zero attached hydrogens (tertiary/aromatic N) is 1. The van der Waals surface area contributed by atoms with Gasteiger partial charge in [0.05, 0.1) is 4.47 Å². The Morgan fingerprint density at radius 1 is 1.33 bits per heavy atom. The van der Waals surface area contributed by atoms with E-state index in [2.05, 4.69) is 21.1 Å². The van der Waals surface area contributed by atoms with Crippen LogP contribution in [0.1, 0.15) is 23.9 Å². The molecule has 0 saturated heterocycles. The normalized spacial score (nSPS) is 12.4. The van der Waals surface area contributed by atoms with Gasteiger partial charge in [-0.3, -0.25) is 0 Å². The van der Waals surface area contributed by atoms with Gasteiger partial charge in [-0.15, -0.1) is 0 Å². The molecule has 21 heavy (non-hydrogen) atoms. The van der Waals surface area contributed by atoms with Crippen LogP contribution in [0.4, 0.5) is 0 Å². The van der Waals surface area contributed by atoms with Gasteiger partial charge in [-0.2, -0.15) is 0 Å². The molecule has 0 aliphatic heterocycles. The van der Waals surface area contributed by atoms with Crippen LogP contribution in [0.25, 0.3) is 0 Å². The number of hydrogen-bond acceptors (Lipinski definition) is 5. The van der Waals surface area contributed by atoms with Crippen LogP contribution in [0.3, 0.4) is 0 Å². The number of benzene rings is 1. The molecule has 0 amide bonds. The highest BCUT2D eigenvalue weighted by Crippen LogP contribution is 2.27. The van der Waals surface area contributed by atoms with E-state index in [-0.39, 0.29) is 6.04 Å². The fourth-order valence-corrected chi connectivity index (χ4v) is 2.49. The second kappa shape index (κ2) is 7.59. The van der Waals surface area contributed by atoms with Crippen LogP contribution in [0, 0.1) is 0 Å². The molecule has 1 aromatic carbocycles. The smallest absolute Gasteiger partial charge is 0.162 e. The highest BCUT2D eigenvalue weighted by Gasteiger charge is 2.08. The summed E-state index contributed by atoms with van der Waals surface area (Å²) in [5.41, 5.74) is 7.70. The van der Waals surface area contributed by atoms with Crippen molar-refractivity contribution in [2.24, 2.45) is 5.73 Å². The first-order valence-corrected chi connectivity index (χ1v) is 7.48. The first-order valence-electron chi connectivity index (χ1n) is 6.68. The zero-order valence-corrected chi connectivity index (χ0v) is 13.7. The Hall–Kier alpha value is -1.37. The minimum absolute atomic E-state index is 0.137. The Labute approximate surface area is 132 Å². The van der Waals surface area contributed by atoms with Crippen LogP contribution in [0.5, 0.6) is 5.75 Å². The summed E-state index contributed by atoms with van der Waals surface area (Å²) in [5, 5.41) is 3.92. The van der Waals surface area contributed by atoms with E-state index in [1.54, 1.807) is 7.11 Å². The molecule has 0 spiro atoms. The maximum Gasteiger partial charge on any atom is 0.162 e. The van der Waals surface area contributed by atoms with E-state index in [1.165, 1.54) is 5.56 Å². The second-order valence-electron chi connectivity index (χ2n) is 4.95. The number of rotatable bonds is 7. The van der Waals surface area contributed by atoms with E-state index in [0.717, 1.165) is 22.3 Å². The van der Waals surface area contributed by atoms with Gasteiger partial charge in [0, 0.05) is 19.2 Å². The van der Waals surface area contributed by atoms with Crippen molar-refractivity contribution in [3.05, 3.63) is 45.8 Å². The zero-order valence-electron chi connectivity index (χ0n) is 12.1. The van der Waals surface area contributed by atoms with E-state index >= 15 is 0 Å². The molecule has 1 heterocycles. The van der Waals surface area contributed by atoms with Crippen molar-refractivity contribution >= 4 is 15.9 Å². The molecule has 0 aliphatic rings. The van der Waals surface area contributed by atoms with Gasteiger partial charge in [-0.25, -0.2) is 0 Å². The molecule has 1 aromatic heterocycles. The lowest BCUT2D eigenvalue weighted by Crippen LogP contribution is -2.17. The van der Waals surface area contributed by atoms with Crippen LogP contribution >= 0.6 is 15.9 Å². The SMILES string of the molecule is COCc1cc(COc2ccc(CC(C)N)cc2Br)no1. The van der Waals surface area contributed by atoms with Gasteiger partial charge < -0.3 is 19.7 Å². The number of hydrogen-bond donors (Lipinski definition) is 1. The standard InChI is InChI=1S/C15H19BrN2O3/c1-10(17)5-11-3-4-15(14(16)6-11)20-8-12-7-13(9-19-2)21-18-12/h3-4,6-7,10H,5,8-9,17H2,1-2H3. The molecular formula is C15H19BrN2O3. The van der Waals surface area contributed by atoms with Gasteiger partial charge in [-0.05, 0) is 47.0 Å². The molecule has 5 nitrogen and oxygen atoms in total. The summed E-state index contributed by atoms with van der Waals surface area (Å²) in [6, 6.07) is 7.93. The third-order valence-corrected chi connectivity index (χ3v) is 3.44. The Kier molecular flexibility index (Phi) is 5.78. The molecule has 0 radical (unpaired) electrons. The zero-order chi connectivity index (χ0) is 15.2. The second-order valence-corrected chi connectivity index (χ2v) is 5.81. The van der Waals surface area contributed by atoms with Crippen molar-refractivity contribution in [3.63, 3.8) is 0 Å². The third kappa shape index (κ3) is 4.84. The van der Waals surface area contributed by atoms with Crippen LogP contribution in [0.2, 0.25) is 0 Å². The summed E-state index contributed by atoms with van der Waals surface area (Å²) in [4.78, 5) is 0. The lowest BCUT2D eigenvalue weighted by molar-refractivity contribution is 0.155. The summed E-state index contributed by atoms with van der Waals surface area (Å²) in [7, 11) is 1.61. The first-order chi connectivity index (χ1) is 10.1. The number of ether oxygens (including phenoxy) is 2. The summed E-state index contributed by atoms with van der Waals surface area (Å²) in [5.74, 6) is 1.45. The van der Waals surface area contributed by atoms with Gasteiger partial charge in [-0.1, -0.05) is 11.2 Å². The van der Waals surface area contributed by atoms with Gasteiger partial charge >= 0.3 is 0 Å². The highest BCUT2D eigenvalue weighted by atomic mass is 79.9. The van der Waals surface area contributed by atoms with E-state index in [0.29, 0.717) is 19.0 Å². The maximum absolute atomic E-state index is 5.80. The fraction of sp³-hybridized carbons (Fsp3) is 0.400. The van der Waals surface area contributed by atoms with E-state index < -0.39 is 0 Å². The van der Waals surface area contributed by atoms with Crippen molar-refractivity contribution in [2.75, 3.05) is 7.11 Å². The fourth-order valence-electron chi connectivity index (χ4n) is 1.95. The molecular weight excluding hydrogens is 336 g/mol. The molecule has 0 fully saturated rings. The molecule has 2 rings (SSSR count). The quantitative estimate of drug-likeness (QED) is 0.827. The Morgan fingerprint density at radius 3 is 2.81 bits per heavy atom. The largest absolute Gasteiger partial charge is 0.486 e. The Bertz CT molecular complexity index is 584. The minimum Gasteiger partial charge on any atom is -0.486 e. The number of nitrogens with two attached hydrogens (primary N) is 1. The maximum atomic E-state index is 5.80. The summed E-state index contributed by atoms with van der Waals surface area (Å²) in [6.07, 6.45) is 0.836. The molecule has 0 saturated carbocycles. The van der Waals surface area contributed by atoms with Crippen molar-refractivity contribution < 1.29 is 14.0 Å². The average molecular weight is 355 g/mol. The average Bonchev–Trinajstić information content (AvgIpc) is 2.85. The highest BCUT2D eigenvalue weighted by molar-refractivity contribution is 9.10. The molecule has 0 aliphatic carbocycles. The predicted octanol–water partition coefficient (Wildman–Crippen LogP) is 3.05. The Morgan fingerprint density at radius 2 is 2.14 bits per heavy atom. The lowest BCUT2D eigenvalue weighted by atomic mass is 10.1. The van der Waals surface area contributed by atoms with Gasteiger partial charge in [0.1, 0.15) is 24.7 Å². The number of methoxy groups -OCH3 is 1. The van der Waals surface area contributed by atoms with E-state index in [9.17, 15) is 0 Å². The topological polar surface area (TPSA) is 70.5 Å². The molecule has 1 unspecified atom stereocenters. The summed E-state index contributed by atoms with van der Waals surface area (Å²) in [6.45, 7) is 2.74. The van der Waals surface area contributed by atoms with Gasteiger partial charge in [0.2, 0.25) is 0 Å². The predicted molar refractivity (Wildman–Crippen MR) is 83.0 cm³/mol. The van der Waals surface area contributed by atoms with Crippen molar-refractivity contribution in [2.45, 2.75) is 32.6 Å². The van der Waals surface area contributed by atoms with E-state index in [4.69, 9.17) is 19.7 Å². The third-order valence-electron chi connectivity index (χ3n) is 2.82. The van der Waals surface area contributed by atoms with Crippen molar-refractivity contribution in [1.29, 1.82) is 0 Å². The van der Waals surface area contributed by atoms with E-state index in [1.807, 2.05) is 31.2 Å². The van der Waals surface area contributed by atoms with Crippen molar-refractivity contribution in [1.82, 2.24) is 5.16 Å². The van der Waals surface area contributed by atoms with Crippen LogP contribution in [-0.2, 0) is 24.4 Å². The molecule has 0 bridgehead atoms. The lowest BCUT2D eigenvalue weighted by Gasteiger charge is -2.10. The van der Waals surface area contributed by atoms with Crippen LogP contribution in [0.15, 0.2) is 33.3 Å². The molecule has 114 valence electrons. The first kappa shape index (κ1) is 16.0. The van der Waals surface area contributed by atoms with Crippen molar-refractivity contribution in [3.8, 4) is 5.75 Å². The van der Waals surface area contributed by atoms with Crippen LogP contribution in [-0.4, -0.2) is 18.3 Å². The molecule has 2 N–H and O–H groups in total. The molecule has 6 heteroatoms. The van der Waals surface area contributed by atoms with Gasteiger partial charge in [0.15, 0.2) is 5.76 Å². The molecule has 1 atom stereocenters. The number of aromatic nitrogens is 1. The van der Waals surface area contributed by atoms with Crippen LogP contribution < -0.4 is 10.5 Å². The summed E-state index contributed by atoms with van der Waals surface area (Å²) >= 11 is 3.51. The number of halogens is 1. The Balaban J connectivity index is 1.96. The minimum atomic E-state index is 0.137. The summed E-state index contributed by atoms with van der Waals surface area (Å²) < 4.78 is 16.7.